The molecule has 0 aliphatic carbocycles. The monoisotopic (exact) mass is 686 g/mol. The number of nitrogens with zero attached hydrogens (tertiary/aromatic N) is 1. The highest BCUT2D eigenvalue weighted by molar-refractivity contribution is 14.1. The largest absolute Gasteiger partial charge is 0.444 e. The molecule has 1 heterocycles. The molecule has 1 aromatic heterocycles. The summed E-state index contributed by atoms with van der Waals surface area (Å²) in [5, 5.41) is 11.1. The van der Waals surface area contributed by atoms with Crippen LogP contribution in [0.15, 0.2) is 60.9 Å². The van der Waals surface area contributed by atoms with E-state index < -0.39 is 17.7 Å². The molecule has 9 heteroatoms. The van der Waals surface area contributed by atoms with Gasteiger partial charge in [0.15, 0.2) is 0 Å². The minimum atomic E-state index is -0.761. The summed E-state index contributed by atoms with van der Waals surface area (Å²) in [4.78, 5) is 42.7. The summed E-state index contributed by atoms with van der Waals surface area (Å²) in [6.45, 7) is 12.8. The average Bonchev–Trinajstić information content (AvgIpc) is 2.90. The molecule has 0 saturated heterocycles. The van der Waals surface area contributed by atoms with E-state index in [1.54, 1.807) is 12.3 Å². The summed E-state index contributed by atoms with van der Waals surface area (Å²) in [7, 11) is 0. The first-order valence-corrected chi connectivity index (χ1v) is 15.4. The molecule has 0 bridgehead atoms. The van der Waals surface area contributed by atoms with Gasteiger partial charge < -0.3 is 20.7 Å². The number of aromatic nitrogens is 1. The van der Waals surface area contributed by atoms with Crippen molar-refractivity contribution in [1.29, 1.82) is 0 Å². The molecule has 3 amide bonds. The molecule has 0 aliphatic rings. The molecular formula is C33H43IN4O4. The Bertz CT molecular complexity index is 1390. The second-order valence-corrected chi connectivity index (χ2v) is 14.0. The zero-order valence-corrected chi connectivity index (χ0v) is 27.6. The van der Waals surface area contributed by atoms with Crippen molar-refractivity contribution >= 4 is 51.3 Å². The molecule has 0 spiro atoms. The van der Waals surface area contributed by atoms with Gasteiger partial charge in [-0.05, 0) is 89.9 Å². The number of amides is 3. The van der Waals surface area contributed by atoms with Crippen molar-refractivity contribution in [2.24, 2.45) is 11.3 Å². The maximum atomic E-state index is 13.5. The van der Waals surface area contributed by atoms with Crippen LogP contribution in [0.1, 0.15) is 70.3 Å². The summed E-state index contributed by atoms with van der Waals surface area (Å²) in [5.74, 6) is -0.261. The summed E-state index contributed by atoms with van der Waals surface area (Å²) >= 11 is 2.11. The van der Waals surface area contributed by atoms with E-state index in [1.807, 2.05) is 57.2 Å². The Morgan fingerprint density at radius 2 is 1.67 bits per heavy atom. The van der Waals surface area contributed by atoms with E-state index in [0.29, 0.717) is 31.0 Å². The van der Waals surface area contributed by atoms with Crippen molar-refractivity contribution in [3.63, 3.8) is 0 Å². The molecule has 3 rings (SSSR count). The molecule has 2 atom stereocenters. The third-order valence-electron chi connectivity index (χ3n) is 6.79. The van der Waals surface area contributed by atoms with E-state index in [1.165, 1.54) is 6.20 Å². The standard InChI is InChI=1S/C33H43IN4O4/c1-22(13-14-36-31(41)42-32(2,3)4)18-33(5,6)21-37-30(40)28(38-29(39)26-17-27(34)20-35-19-26)16-23-11-12-24-9-7-8-10-25(24)15-23/h7-12,15,17,19-20,22,28H,13-14,16,18,21H2,1-6H3,(H,36,41)(H,37,40)(H,38,39). The number of hydrogen-bond acceptors (Lipinski definition) is 5. The van der Waals surface area contributed by atoms with Crippen molar-refractivity contribution in [3.8, 4) is 0 Å². The maximum Gasteiger partial charge on any atom is 0.407 e. The highest BCUT2D eigenvalue weighted by Gasteiger charge is 2.27. The summed E-state index contributed by atoms with van der Waals surface area (Å²) in [5.41, 5.74) is 0.642. The van der Waals surface area contributed by atoms with Gasteiger partial charge in [-0.25, -0.2) is 4.79 Å². The number of carbonyl (C=O) groups excluding carboxylic acids is 3. The van der Waals surface area contributed by atoms with E-state index in [9.17, 15) is 14.4 Å². The summed E-state index contributed by atoms with van der Waals surface area (Å²) in [6.07, 6.45) is 4.76. The first-order valence-electron chi connectivity index (χ1n) is 14.3. The molecule has 2 unspecified atom stereocenters. The Hall–Kier alpha value is -3.21. The van der Waals surface area contributed by atoms with Crippen LogP contribution in [0.3, 0.4) is 0 Å². The molecule has 2 aromatic carbocycles. The molecule has 8 nitrogen and oxygen atoms in total. The van der Waals surface area contributed by atoms with Gasteiger partial charge >= 0.3 is 6.09 Å². The van der Waals surface area contributed by atoms with Crippen LogP contribution in [0.25, 0.3) is 10.8 Å². The van der Waals surface area contributed by atoms with Crippen molar-refractivity contribution in [2.75, 3.05) is 13.1 Å². The highest BCUT2D eigenvalue weighted by Crippen LogP contribution is 2.26. The molecule has 0 saturated carbocycles. The van der Waals surface area contributed by atoms with Gasteiger partial charge in [-0.3, -0.25) is 14.6 Å². The summed E-state index contributed by atoms with van der Waals surface area (Å²) in [6, 6.07) is 15.1. The van der Waals surface area contributed by atoms with Gasteiger partial charge in [0.25, 0.3) is 5.91 Å². The normalized spacial score (nSPS) is 13.2. The fraction of sp³-hybridized carbons (Fsp3) is 0.455. The second-order valence-electron chi connectivity index (χ2n) is 12.7. The van der Waals surface area contributed by atoms with Crippen LogP contribution in [0, 0.1) is 14.9 Å². The molecule has 226 valence electrons. The minimum absolute atomic E-state index is 0.196. The lowest BCUT2D eigenvalue weighted by Gasteiger charge is -2.29. The predicted octanol–water partition coefficient (Wildman–Crippen LogP) is 6.26. The first-order chi connectivity index (χ1) is 19.7. The van der Waals surface area contributed by atoms with Gasteiger partial charge in [0, 0.05) is 35.5 Å². The van der Waals surface area contributed by atoms with Crippen LogP contribution < -0.4 is 16.0 Å². The molecule has 3 N–H and O–H groups in total. The lowest BCUT2D eigenvalue weighted by molar-refractivity contribution is -0.123. The Balaban J connectivity index is 1.62. The van der Waals surface area contributed by atoms with Gasteiger partial charge in [-0.1, -0.05) is 63.2 Å². The number of ether oxygens (including phenoxy) is 1. The van der Waals surface area contributed by atoms with E-state index >= 15 is 0 Å². The highest BCUT2D eigenvalue weighted by atomic mass is 127. The van der Waals surface area contributed by atoms with Gasteiger partial charge in [-0.15, -0.1) is 0 Å². The van der Waals surface area contributed by atoms with Gasteiger partial charge in [0.1, 0.15) is 11.6 Å². The Morgan fingerprint density at radius 3 is 2.36 bits per heavy atom. The van der Waals surface area contributed by atoms with E-state index in [2.05, 4.69) is 70.4 Å². The number of carbonyl (C=O) groups is 3. The van der Waals surface area contributed by atoms with Crippen molar-refractivity contribution < 1.29 is 19.1 Å². The fourth-order valence-electron chi connectivity index (χ4n) is 4.89. The molecular weight excluding hydrogens is 643 g/mol. The topological polar surface area (TPSA) is 109 Å². The molecule has 0 radical (unpaired) electrons. The Morgan fingerprint density at radius 1 is 0.952 bits per heavy atom. The zero-order chi connectivity index (χ0) is 30.9. The SMILES string of the molecule is CC(CCNC(=O)OC(C)(C)C)CC(C)(C)CNC(=O)C(Cc1ccc2ccccc2c1)NC(=O)c1cncc(I)c1. The first kappa shape index (κ1) is 33.3. The van der Waals surface area contributed by atoms with Gasteiger partial charge in [-0.2, -0.15) is 0 Å². The number of fused-ring (bicyclic) bond motifs is 1. The van der Waals surface area contributed by atoms with E-state index in [0.717, 1.165) is 32.7 Å². The van der Waals surface area contributed by atoms with E-state index in [4.69, 9.17) is 4.74 Å². The van der Waals surface area contributed by atoms with E-state index in [-0.39, 0.29) is 17.2 Å². The quantitative estimate of drug-likeness (QED) is 0.195. The van der Waals surface area contributed by atoms with Crippen molar-refractivity contribution in [3.05, 3.63) is 75.6 Å². The molecule has 3 aromatic rings. The number of pyridine rings is 1. The van der Waals surface area contributed by atoms with Crippen LogP contribution in [-0.2, 0) is 16.0 Å². The number of alkyl carbamates (subject to hydrolysis) is 1. The lowest BCUT2D eigenvalue weighted by atomic mass is 9.82. The Labute approximate surface area is 262 Å². The van der Waals surface area contributed by atoms with Gasteiger partial charge in [0.2, 0.25) is 5.91 Å². The number of nitrogens with one attached hydrogen (secondary N) is 3. The number of halogens is 1. The molecule has 0 fully saturated rings. The zero-order valence-electron chi connectivity index (χ0n) is 25.4. The average molecular weight is 687 g/mol. The summed E-state index contributed by atoms with van der Waals surface area (Å²) < 4.78 is 6.14. The third-order valence-corrected chi connectivity index (χ3v) is 7.38. The number of rotatable bonds is 12. The minimum Gasteiger partial charge on any atom is -0.444 e. The van der Waals surface area contributed by atoms with Crippen molar-refractivity contribution in [2.45, 2.75) is 72.4 Å². The Kier molecular flexibility index (Phi) is 11.7. The van der Waals surface area contributed by atoms with Gasteiger partial charge in [0.05, 0.1) is 5.56 Å². The van der Waals surface area contributed by atoms with Crippen LogP contribution in [0.4, 0.5) is 4.79 Å². The van der Waals surface area contributed by atoms with Crippen molar-refractivity contribution in [1.82, 2.24) is 20.9 Å². The molecule has 0 aliphatic heterocycles. The third kappa shape index (κ3) is 11.2. The fourth-order valence-corrected chi connectivity index (χ4v) is 5.39. The van der Waals surface area contributed by atoms with Crippen LogP contribution in [0.2, 0.25) is 0 Å². The van der Waals surface area contributed by atoms with Crippen LogP contribution >= 0.6 is 22.6 Å². The predicted molar refractivity (Wildman–Crippen MR) is 175 cm³/mol. The second kappa shape index (κ2) is 14.8. The van der Waals surface area contributed by atoms with Crippen LogP contribution in [0.5, 0.6) is 0 Å². The van der Waals surface area contributed by atoms with Crippen LogP contribution in [-0.4, -0.2) is 47.6 Å². The molecule has 42 heavy (non-hydrogen) atoms. The number of hydrogen-bond donors (Lipinski definition) is 3. The maximum absolute atomic E-state index is 13.5. The smallest absolute Gasteiger partial charge is 0.407 e. The number of benzene rings is 2. The lowest BCUT2D eigenvalue weighted by Crippen LogP contribution is -2.50.